The maximum Gasteiger partial charge on any atom is 0.262 e. The van der Waals surface area contributed by atoms with E-state index in [0.29, 0.717) is 10.6 Å². The Morgan fingerprint density at radius 3 is 1.80 bits per heavy atom. The van der Waals surface area contributed by atoms with Crippen LogP contribution in [0.1, 0.15) is 27.8 Å². The smallest absolute Gasteiger partial charge is 0.262 e. The lowest BCUT2D eigenvalue weighted by Crippen LogP contribution is -2.17. The second-order valence-corrected chi connectivity index (χ2v) is 8.24. The summed E-state index contributed by atoms with van der Waals surface area (Å²) >= 11 is 0. The summed E-state index contributed by atoms with van der Waals surface area (Å²) in [4.78, 5) is 0.390. The van der Waals surface area contributed by atoms with Gasteiger partial charge < -0.3 is 0 Å². The summed E-state index contributed by atoms with van der Waals surface area (Å²) in [5, 5.41) is 2.09. The van der Waals surface area contributed by atoms with E-state index in [0.717, 1.165) is 38.6 Å². The quantitative estimate of drug-likeness (QED) is 0.705. The fourth-order valence-corrected chi connectivity index (χ4v) is 4.98. The van der Waals surface area contributed by atoms with Gasteiger partial charge >= 0.3 is 0 Å². The molecule has 0 radical (unpaired) electrons. The molecule has 0 fully saturated rings. The zero-order valence-corrected chi connectivity index (χ0v) is 16.1. The highest BCUT2D eigenvalue weighted by molar-refractivity contribution is 7.92. The fraction of sp³-hybridized carbons (Fsp3) is 0.238. The average molecular weight is 353 g/mol. The molecule has 130 valence electrons. The topological polar surface area (TPSA) is 46.2 Å². The normalized spacial score (nSPS) is 11.7. The van der Waals surface area contributed by atoms with Gasteiger partial charge in [0, 0.05) is 5.69 Å². The first-order valence-electron chi connectivity index (χ1n) is 8.31. The van der Waals surface area contributed by atoms with Crippen LogP contribution in [0.3, 0.4) is 0 Å². The highest BCUT2D eigenvalue weighted by Gasteiger charge is 2.23. The minimum Gasteiger partial charge on any atom is -0.280 e. The molecular formula is C21H23NO2S. The lowest BCUT2D eigenvalue weighted by molar-refractivity contribution is 0.599. The number of rotatable bonds is 3. The van der Waals surface area contributed by atoms with Gasteiger partial charge in [-0.15, -0.1) is 0 Å². The van der Waals surface area contributed by atoms with Crippen LogP contribution < -0.4 is 4.72 Å². The maximum atomic E-state index is 13.1. The van der Waals surface area contributed by atoms with E-state index in [9.17, 15) is 8.42 Å². The third kappa shape index (κ3) is 3.02. The first-order valence-corrected chi connectivity index (χ1v) is 9.79. The number of fused-ring (bicyclic) bond motifs is 1. The Morgan fingerprint density at radius 1 is 0.680 bits per heavy atom. The molecule has 3 aromatic carbocycles. The van der Waals surface area contributed by atoms with Gasteiger partial charge in [0.1, 0.15) is 0 Å². The number of sulfonamides is 1. The molecule has 0 unspecified atom stereocenters. The summed E-state index contributed by atoms with van der Waals surface area (Å²) in [6, 6.07) is 13.5. The van der Waals surface area contributed by atoms with Gasteiger partial charge in [0.2, 0.25) is 0 Å². The molecule has 0 spiro atoms. The molecule has 0 saturated heterocycles. The number of nitrogens with one attached hydrogen (secondary N) is 1. The predicted molar refractivity (Wildman–Crippen MR) is 105 cm³/mol. The van der Waals surface area contributed by atoms with Crippen molar-refractivity contribution in [1.82, 2.24) is 0 Å². The molecule has 0 aliphatic heterocycles. The summed E-state index contributed by atoms with van der Waals surface area (Å²) in [7, 11) is -3.66. The van der Waals surface area contributed by atoms with Crippen molar-refractivity contribution in [2.45, 2.75) is 39.5 Å². The van der Waals surface area contributed by atoms with Crippen LogP contribution in [0, 0.1) is 34.6 Å². The van der Waals surface area contributed by atoms with Crippen molar-refractivity contribution in [3.63, 3.8) is 0 Å². The molecule has 3 rings (SSSR count). The second kappa shape index (κ2) is 6.19. The van der Waals surface area contributed by atoms with Gasteiger partial charge in [-0.05, 0) is 85.3 Å². The van der Waals surface area contributed by atoms with Crippen molar-refractivity contribution >= 4 is 26.5 Å². The third-order valence-corrected chi connectivity index (χ3v) is 6.86. The Bertz CT molecular complexity index is 1050. The van der Waals surface area contributed by atoms with Gasteiger partial charge in [-0.2, -0.15) is 0 Å². The standard InChI is InChI=1S/C21H23NO2S/c1-13-14(2)16(4)21(17(5)15(13)3)25(23,24)22-20-11-10-18-8-6-7-9-19(18)12-20/h6-12,22H,1-5H3. The monoisotopic (exact) mass is 353 g/mol. The van der Waals surface area contributed by atoms with E-state index < -0.39 is 10.0 Å². The Kier molecular flexibility index (Phi) is 4.33. The number of hydrogen-bond donors (Lipinski definition) is 1. The molecule has 0 aliphatic rings. The average Bonchev–Trinajstić information content (AvgIpc) is 2.57. The van der Waals surface area contributed by atoms with Crippen LogP contribution in [0.25, 0.3) is 10.8 Å². The molecule has 3 nitrogen and oxygen atoms in total. The molecule has 0 aliphatic carbocycles. The van der Waals surface area contributed by atoms with Crippen LogP contribution in [-0.2, 0) is 10.0 Å². The Morgan fingerprint density at radius 2 is 1.20 bits per heavy atom. The molecule has 0 heterocycles. The van der Waals surface area contributed by atoms with Crippen molar-refractivity contribution in [2.75, 3.05) is 4.72 Å². The van der Waals surface area contributed by atoms with Crippen molar-refractivity contribution in [2.24, 2.45) is 0 Å². The Balaban J connectivity index is 2.11. The summed E-state index contributed by atoms with van der Waals surface area (Å²) in [5.41, 5.74) is 5.42. The van der Waals surface area contributed by atoms with Crippen LogP contribution in [-0.4, -0.2) is 8.42 Å². The van der Waals surface area contributed by atoms with Crippen molar-refractivity contribution < 1.29 is 8.42 Å². The number of benzene rings is 3. The van der Waals surface area contributed by atoms with Crippen molar-refractivity contribution in [3.05, 3.63) is 70.3 Å². The van der Waals surface area contributed by atoms with E-state index in [-0.39, 0.29) is 0 Å². The van der Waals surface area contributed by atoms with Gasteiger partial charge in [-0.25, -0.2) is 8.42 Å². The van der Waals surface area contributed by atoms with Gasteiger partial charge in [0.25, 0.3) is 10.0 Å². The molecular weight excluding hydrogens is 330 g/mol. The zero-order chi connectivity index (χ0) is 18.4. The van der Waals surface area contributed by atoms with E-state index in [1.165, 1.54) is 0 Å². The molecule has 0 saturated carbocycles. The largest absolute Gasteiger partial charge is 0.280 e. The summed E-state index contributed by atoms with van der Waals surface area (Å²) in [5.74, 6) is 0. The van der Waals surface area contributed by atoms with Gasteiger partial charge in [-0.3, -0.25) is 4.72 Å². The molecule has 0 atom stereocenters. The highest BCUT2D eigenvalue weighted by atomic mass is 32.2. The van der Waals surface area contributed by atoms with Gasteiger partial charge in [0.15, 0.2) is 0 Å². The van der Waals surface area contributed by atoms with Crippen LogP contribution in [0.4, 0.5) is 5.69 Å². The summed E-state index contributed by atoms with van der Waals surface area (Å²) in [6.07, 6.45) is 0. The lowest BCUT2D eigenvalue weighted by Gasteiger charge is -2.19. The van der Waals surface area contributed by atoms with Crippen LogP contribution in [0.5, 0.6) is 0 Å². The summed E-state index contributed by atoms with van der Waals surface area (Å²) in [6.45, 7) is 9.75. The van der Waals surface area contributed by atoms with Crippen molar-refractivity contribution in [1.29, 1.82) is 0 Å². The SMILES string of the molecule is Cc1c(C)c(C)c(S(=O)(=O)Nc2ccc3ccccc3c2)c(C)c1C. The predicted octanol–water partition coefficient (Wildman–Crippen LogP) is 5.18. The Hall–Kier alpha value is -2.33. The second-order valence-electron chi connectivity index (χ2n) is 6.62. The van der Waals surface area contributed by atoms with Crippen LogP contribution in [0.15, 0.2) is 47.4 Å². The lowest BCUT2D eigenvalue weighted by atomic mass is 9.95. The molecule has 0 amide bonds. The Labute approximate surface area is 149 Å². The minimum absolute atomic E-state index is 0.390. The third-order valence-electron chi connectivity index (χ3n) is 5.20. The van der Waals surface area contributed by atoms with Gasteiger partial charge in [-0.1, -0.05) is 30.3 Å². The summed E-state index contributed by atoms with van der Waals surface area (Å²) < 4.78 is 28.9. The van der Waals surface area contributed by atoms with E-state index in [2.05, 4.69) is 4.72 Å². The van der Waals surface area contributed by atoms with E-state index in [1.807, 2.05) is 71.0 Å². The zero-order valence-electron chi connectivity index (χ0n) is 15.3. The van der Waals surface area contributed by atoms with Gasteiger partial charge in [0.05, 0.1) is 4.90 Å². The maximum absolute atomic E-state index is 13.1. The highest BCUT2D eigenvalue weighted by Crippen LogP contribution is 2.31. The van der Waals surface area contributed by atoms with Crippen molar-refractivity contribution in [3.8, 4) is 0 Å². The molecule has 3 aromatic rings. The van der Waals surface area contributed by atoms with E-state index >= 15 is 0 Å². The van der Waals surface area contributed by atoms with E-state index in [1.54, 1.807) is 6.07 Å². The molecule has 1 N–H and O–H groups in total. The molecule has 0 aromatic heterocycles. The minimum atomic E-state index is -3.66. The first-order chi connectivity index (χ1) is 11.7. The molecule has 4 heteroatoms. The first kappa shape index (κ1) is 17.5. The van der Waals surface area contributed by atoms with Crippen LogP contribution in [0.2, 0.25) is 0 Å². The van der Waals surface area contributed by atoms with E-state index in [4.69, 9.17) is 0 Å². The van der Waals surface area contributed by atoms with Crippen LogP contribution >= 0.6 is 0 Å². The number of hydrogen-bond acceptors (Lipinski definition) is 2. The number of anilines is 1. The fourth-order valence-electron chi connectivity index (χ4n) is 3.33. The molecule has 0 bridgehead atoms. The molecule has 25 heavy (non-hydrogen) atoms.